The molecule has 132 valence electrons. The summed E-state index contributed by atoms with van der Waals surface area (Å²) < 4.78 is 21.4. The summed E-state index contributed by atoms with van der Waals surface area (Å²) in [6.45, 7) is 2.25. The van der Waals surface area contributed by atoms with Crippen molar-refractivity contribution in [2.75, 3.05) is 26.3 Å². The number of nitrogens with one attached hydrogen (secondary N) is 2. The number of ether oxygens (including phenoxy) is 4. The highest BCUT2D eigenvalue weighted by Crippen LogP contribution is 2.34. The normalized spacial score (nSPS) is 13.1. The summed E-state index contributed by atoms with van der Waals surface area (Å²) in [4.78, 5) is 0. The van der Waals surface area contributed by atoms with E-state index in [1.165, 1.54) is 0 Å². The van der Waals surface area contributed by atoms with Crippen LogP contribution in [0.4, 0.5) is 5.69 Å². The zero-order valence-corrected chi connectivity index (χ0v) is 15.1. The van der Waals surface area contributed by atoms with E-state index in [1.54, 1.807) is 14.2 Å². The Labute approximate surface area is 152 Å². The van der Waals surface area contributed by atoms with Crippen molar-refractivity contribution in [2.45, 2.75) is 13.0 Å². The summed E-state index contributed by atoms with van der Waals surface area (Å²) in [5, 5.41) is 6.90. The van der Waals surface area contributed by atoms with Crippen LogP contribution in [0.25, 0.3) is 0 Å². The molecule has 1 atom stereocenters. The Morgan fingerprint density at radius 3 is 2.64 bits per heavy atom. The van der Waals surface area contributed by atoms with Crippen LogP contribution < -0.4 is 29.6 Å². The number of fused-ring (bicyclic) bond motifs is 1. The molecule has 0 radical (unpaired) electrons. The summed E-state index contributed by atoms with van der Waals surface area (Å²) >= 11 is 5.41. The van der Waals surface area contributed by atoms with Crippen LogP contribution in [0.5, 0.6) is 23.0 Å². The summed E-state index contributed by atoms with van der Waals surface area (Å²) in [5.74, 6) is 2.97. The molecule has 0 bridgehead atoms. The average molecular weight is 360 g/mol. The highest BCUT2D eigenvalue weighted by atomic mass is 32.1. The number of thiocarbonyl (C=S) groups is 1. The molecule has 0 aliphatic carbocycles. The van der Waals surface area contributed by atoms with Gasteiger partial charge in [-0.3, -0.25) is 0 Å². The van der Waals surface area contributed by atoms with Crippen molar-refractivity contribution in [3.63, 3.8) is 0 Å². The Morgan fingerprint density at radius 2 is 1.88 bits per heavy atom. The van der Waals surface area contributed by atoms with Gasteiger partial charge in [0.15, 0.2) is 16.6 Å². The maximum Gasteiger partial charge on any atom is 0.231 e. The van der Waals surface area contributed by atoms with Crippen LogP contribution >= 0.6 is 12.2 Å². The molecule has 0 aromatic heterocycles. The molecule has 6 nitrogen and oxygen atoms in total. The van der Waals surface area contributed by atoms with Gasteiger partial charge in [0.2, 0.25) is 6.79 Å². The van der Waals surface area contributed by atoms with Gasteiger partial charge in [-0.2, -0.15) is 0 Å². The van der Waals surface area contributed by atoms with Crippen molar-refractivity contribution >= 4 is 23.0 Å². The zero-order valence-electron chi connectivity index (χ0n) is 14.3. The van der Waals surface area contributed by atoms with Crippen molar-refractivity contribution in [1.82, 2.24) is 5.32 Å². The predicted octanol–water partition coefficient (Wildman–Crippen LogP) is 3.48. The highest BCUT2D eigenvalue weighted by molar-refractivity contribution is 7.80. The highest BCUT2D eigenvalue weighted by Gasteiger charge is 2.16. The third kappa shape index (κ3) is 3.88. The SMILES string of the molecule is COc1ccc(OC)c([C@@H](C)NC(=S)Nc2ccc3c(c2)OCO3)c1. The lowest BCUT2D eigenvalue weighted by molar-refractivity contribution is 0.174. The van der Waals surface area contributed by atoms with E-state index < -0.39 is 0 Å². The second kappa shape index (κ2) is 7.48. The minimum absolute atomic E-state index is 0.0703. The molecule has 1 aliphatic rings. The van der Waals surface area contributed by atoms with E-state index in [0.29, 0.717) is 10.9 Å². The van der Waals surface area contributed by atoms with Crippen molar-refractivity contribution < 1.29 is 18.9 Å². The molecule has 0 fully saturated rings. The van der Waals surface area contributed by atoms with E-state index in [4.69, 9.17) is 31.2 Å². The molecule has 3 rings (SSSR count). The summed E-state index contributed by atoms with van der Waals surface area (Å²) in [5.41, 5.74) is 1.78. The van der Waals surface area contributed by atoms with Gasteiger partial charge in [0.1, 0.15) is 11.5 Å². The van der Waals surface area contributed by atoms with Crippen molar-refractivity contribution in [1.29, 1.82) is 0 Å². The molecular formula is C18H20N2O4S. The molecule has 0 spiro atoms. The number of anilines is 1. The van der Waals surface area contributed by atoms with Gasteiger partial charge < -0.3 is 29.6 Å². The van der Waals surface area contributed by atoms with E-state index in [1.807, 2.05) is 43.3 Å². The van der Waals surface area contributed by atoms with Crippen LogP contribution in [-0.2, 0) is 0 Å². The first kappa shape index (κ1) is 17.2. The van der Waals surface area contributed by atoms with Gasteiger partial charge in [0.25, 0.3) is 0 Å². The molecule has 2 N–H and O–H groups in total. The maximum absolute atomic E-state index is 5.43. The quantitative estimate of drug-likeness (QED) is 0.792. The fourth-order valence-corrected chi connectivity index (χ4v) is 2.89. The third-order valence-electron chi connectivity index (χ3n) is 3.88. The molecule has 25 heavy (non-hydrogen) atoms. The van der Waals surface area contributed by atoms with E-state index >= 15 is 0 Å². The third-order valence-corrected chi connectivity index (χ3v) is 4.10. The molecule has 1 heterocycles. The van der Waals surface area contributed by atoms with Crippen LogP contribution in [-0.4, -0.2) is 26.1 Å². The van der Waals surface area contributed by atoms with Crippen LogP contribution in [0.3, 0.4) is 0 Å². The minimum atomic E-state index is -0.0703. The van der Waals surface area contributed by atoms with Gasteiger partial charge in [-0.25, -0.2) is 0 Å². The molecule has 2 aromatic carbocycles. The number of hydrogen-bond donors (Lipinski definition) is 2. The fourth-order valence-electron chi connectivity index (χ4n) is 2.59. The van der Waals surface area contributed by atoms with Crippen LogP contribution in [0, 0.1) is 0 Å². The monoisotopic (exact) mass is 360 g/mol. The first-order valence-electron chi connectivity index (χ1n) is 7.80. The predicted molar refractivity (Wildman–Crippen MR) is 99.9 cm³/mol. The van der Waals surface area contributed by atoms with Crippen LogP contribution in [0.2, 0.25) is 0 Å². The smallest absolute Gasteiger partial charge is 0.231 e. The first-order valence-corrected chi connectivity index (χ1v) is 8.20. The number of rotatable bonds is 5. The van der Waals surface area contributed by atoms with Gasteiger partial charge in [-0.05, 0) is 49.5 Å². The molecule has 7 heteroatoms. The van der Waals surface area contributed by atoms with Crippen LogP contribution in [0.15, 0.2) is 36.4 Å². The van der Waals surface area contributed by atoms with Gasteiger partial charge in [-0.1, -0.05) is 0 Å². The molecule has 1 aliphatic heterocycles. The Bertz CT molecular complexity index is 782. The number of hydrogen-bond acceptors (Lipinski definition) is 5. The van der Waals surface area contributed by atoms with Crippen molar-refractivity contribution in [3.8, 4) is 23.0 Å². The van der Waals surface area contributed by atoms with Gasteiger partial charge >= 0.3 is 0 Å². The Hall–Kier alpha value is -2.67. The second-order valence-electron chi connectivity index (χ2n) is 5.50. The van der Waals surface area contributed by atoms with Gasteiger partial charge in [-0.15, -0.1) is 0 Å². The molecule has 2 aromatic rings. The number of methoxy groups -OCH3 is 2. The van der Waals surface area contributed by atoms with E-state index in [9.17, 15) is 0 Å². The lowest BCUT2D eigenvalue weighted by atomic mass is 10.1. The van der Waals surface area contributed by atoms with E-state index in [-0.39, 0.29) is 12.8 Å². The van der Waals surface area contributed by atoms with E-state index in [0.717, 1.165) is 28.5 Å². The molecular weight excluding hydrogens is 340 g/mol. The molecule has 0 saturated heterocycles. The summed E-state index contributed by atoms with van der Waals surface area (Å²) in [6.07, 6.45) is 0. The van der Waals surface area contributed by atoms with Crippen molar-refractivity contribution in [3.05, 3.63) is 42.0 Å². The lowest BCUT2D eigenvalue weighted by Gasteiger charge is -2.20. The molecule has 0 unspecified atom stereocenters. The maximum atomic E-state index is 5.43. The largest absolute Gasteiger partial charge is 0.497 e. The van der Waals surface area contributed by atoms with Gasteiger partial charge in [0.05, 0.1) is 20.3 Å². The Balaban J connectivity index is 1.68. The van der Waals surface area contributed by atoms with E-state index in [2.05, 4.69) is 10.6 Å². The Kier molecular flexibility index (Phi) is 5.14. The number of benzene rings is 2. The van der Waals surface area contributed by atoms with Crippen LogP contribution in [0.1, 0.15) is 18.5 Å². The molecule has 0 saturated carbocycles. The lowest BCUT2D eigenvalue weighted by Crippen LogP contribution is -2.31. The van der Waals surface area contributed by atoms with Gasteiger partial charge in [0, 0.05) is 17.3 Å². The first-order chi connectivity index (χ1) is 12.1. The summed E-state index contributed by atoms with van der Waals surface area (Å²) in [7, 11) is 3.27. The minimum Gasteiger partial charge on any atom is -0.497 e. The average Bonchev–Trinajstić information content (AvgIpc) is 3.08. The topological polar surface area (TPSA) is 61.0 Å². The fraction of sp³-hybridized carbons (Fsp3) is 0.278. The summed E-state index contributed by atoms with van der Waals surface area (Å²) in [6, 6.07) is 11.2. The standard InChI is InChI=1S/C18H20N2O4S/c1-11(14-9-13(21-2)5-7-15(14)22-3)19-18(25)20-12-4-6-16-17(8-12)24-10-23-16/h4-9,11H,10H2,1-3H3,(H2,19,20,25)/t11-/m1/s1. The van der Waals surface area contributed by atoms with Crippen molar-refractivity contribution in [2.24, 2.45) is 0 Å². The Morgan fingerprint density at radius 1 is 1.08 bits per heavy atom. The zero-order chi connectivity index (χ0) is 17.8. The second-order valence-corrected chi connectivity index (χ2v) is 5.90. The molecule has 0 amide bonds.